The van der Waals surface area contributed by atoms with Crippen molar-refractivity contribution in [3.8, 4) is 5.75 Å². The molecular formula is C13H19NO3. The summed E-state index contributed by atoms with van der Waals surface area (Å²) in [6, 6.07) is 4.53. The van der Waals surface area contributed by atoms with Gasteiger partial charge in [0.05, 0.1) is 7.11 Å². The van der Waals surface area contributed by atoms with Crippen molar-refractivity contribution in [2.75, 3.05) is 7.11 Å². The van der Waals surface area contributed by atoms with Gasteiger partial charge in [-0.05, 0) is 24.1 Å². The van der Waals surface area contributed by atoms with Crippen LogP contribution in [0.5, 0.6) is 5.75 Å². The molecule has 0 aliphatic carbocycles. The first-order chi connectivity index (χ1) is 7.80. The summed E-state index contributed by atoms with van der Waals surface area (Å²) in [6.45, 7) is 5.50. The monoisotopic (exact) mass is 237 g/mol. The number of aryl methyl sites for hydroxylation is 1. The third-order valence-corrected chi connectivity index (χ3v) is 3.19. The SMILES string of the molecule is COC(=O)C(N)C(C)(C)c1ccc(C)c(O)c1. The van der Waals surface area contributed by atoms with Gasteiger partial charge >= 0.3 is 5.97 Å². The van der Waals surface area contributed by atoms with Crippen molar-refractivity contribution >= 4 is 5.97 Å². The fourth-order valence-electron chi connectivity index (χ4n) is 1.61. The number of hydrogen-bond donors (Lipinski definition) is 2. The number of esters is 1. The molecule has 17 heavy (non-hydrogen) atoms. The van der Waals surface area contributed by atoms with Gasteiger partial charge in [0.2, 0.25) is 0 Å². The topological polar surface area (TPSA) is 72.5 Å². The third-order valence-electron chi connectivity index (χ3n) is 3.19. The second-order valence-corrected chi connectivity index (χ2v) is 4.72. The fraction of sp³-hybridized carbons (Fsp3) is 0.462. The molecule has 0 fully saturated rings. The molecular weight excluding hydrogens is 218 g/mol. The van der Waals surface area contributed by atoms with E-state index in [1.807, 2.05) is 26.8 Å². The molecule has 1 rings (SSSR count). The predicted octanol–water partition coefficient (Wildman–Crippen LogP) is 1.48. The Labute approximate surface area is 101 Å². The summed E-state index contributed by atoms with van der Waals surface area (Å²) in [4.78, 5) is 11.5. The quantitative estimate of drug-likeness (QED) is 0.781. The molecule has 1 aromatic rings. The molecule has 94 valence electrons. The largest absolute Gasteiger partial charge is 0.508 e. The van der Waals surface area contributed by atoms with E-state index in [2.05, 4.69) is 4.74 Å². The lowest BCUT2D eigenvalue weighted by molar-refractivity contribution is -0.143. The van der Waals surface area contributed by atoms with Crippen molar-refractivity contribution in [1.29, 1.82) is 0 Å². The molecule has 0 aliphatic rings. The molecule has 0 aromatic heterocycles. The number of benzene rings is 1. The molecule has 0 saturated carbocycles. The Balaban J connectivity index is 3.11. The summed E-state index contributed by atoms with van der Waals surface area (Å²) in [6.07, 6.45) is 0. The second-order valence-electron chi connectivity index (χ2n) is 4.72. The summed E-state index contributed by atoms with van der Waals surface area (Å²) >= 11 is 0. The molecule has 0 saturated heterocycles. The maximum absolute atomic E-state index is 11.5. The molecule has 1 aromatic carbocycles. The minimum Gasteiger partial charge on any atom is -0.508 e. The van der Waals surface area contributed by atoms with Crippen molar-refractivity contribution in [2.45, 2.75) is 32.2 Å². The Bertz CT molecular complexity index is 427. The zero-order valence-electron chi connectivity index (χ0n) is 10.7. The number of rotatable bonds is 3. The normalized spacial score (nSPS) is 13.2. The smallest absolute Gasteiger partial charge is 0.323 e. The standard InChI is InChI=1S/C13H19NO3/c1-8-5-6-9(7-10(8)15)13(2,3)11(14)12(16)17-4/h5-7,11,15H,14H2,1-4H3. The Morgan fingerprint density at radius 2 is 2.06 bits per heavy atom. The average Bonchev–Trinajstić information content (AvgIpc) is 2.30. The van der Waals surface area contributed by atoms with E-state index in [1.165, 1.54) is 7.11 Å². The van der Waals surface area contributed by atoms with Gasteiger partial charge in [-0.15, -0.1) is 0 Å². The molecule has 3 N–H and O–H groups in total. The van der Waals surface area contributed by atoms with Crippen molar-refractivity contribution in [3.05, 3.63) is 29.3 Å². The van der Waals surface area contributed by atoms with E-state index in [9.17, 15) is 9.90 Å². The molecule has 0 heterocycles. The van der Waals surface area contributed by atoms with Crippen molar-refractivity contribution in [1.82, 2.24) is 0 Å². The van der Waals surface area contributed by atoms with Gasteiger partial charge in [-0.1, -0.05) is 26.0 Å². The number of methoxy groups -OCH3 is 1. The number of ether oxygens (including phenoxy) is 1. The van der Waals surface area contributed by atoms with Crippen LogP contribution < -0.4 is 5.73 Å². The van der Waals surface area contributed by atoms with Crippen LogP contribution in [-0.4, -0.2) is 24.2 Å². The molecule has 0 amide bonds. The van der Waals surface area contributed by atoms with Crippen LogP contribution in [0.1, 0.15) is 25.0 Å². The first-order valence-electron chi connectivity index (χ1n) is 5.44. The van der Waals surface area contributed by atoms with Gasteiger partial charge in [-0.3, -0.25) is 4.79 Å². The molecule has 1 unspecified atom stereocenters. The maximum Gasteiger partial charge on any atom is 0.323 e. The van der Waals surface area contributed by atoms with Gasteiger partial charge in [0.25, 0.3) is 0 Å². The van der Waals surface area contributed by atoms with Crippen LogP contribution >= 0.6 is 0 Å². The Kier molecular flexibility index (Phi) is 3.78. The van der Waals surface area contributed by atoms with Gasteiger partial charge in [0, 0.05) is 5.41 Å². The highest BCUT2D eigenvalue weighted by Crippen LogP contribution is 2.30. The van der Waals surface area contributed by atoms with E-state index in [-0.39, 0.29) is 5.75 Å². The highest BCUT2D eigenvalue weighted by Gasteiger charge is 2.34. The minimum absolute atomic E-state index is 0.202. The van der Waals surface area contributed by atoms with Crippen LogP contribution in [0.25, 0.3) is 0 Å². The summed E-state index contributed by atoms with van der Waals surface area (Å²) in [5.41, 5.74) is 6.86. The number of aromatic hydroxyl groups is 1. The van der Waals surface area contributed by atoms with Gasteiger partial charge in [-0.2, -0.15) is 0 Å². The second kappa shape index (κ2) is 4.75. The first kappa shape index (κ1) is 13.5. The lowest BCUT2D eigenvalue weighted by Gasteiger charge is -2.30. The summed E-state index contributed by atoms with van der Waals surface area (Å²) in [5.74, 6) is -0.261. The summed E-state index contributed by atoms with van der Waals surface area (Å²) in [5, 5.41) is 9.68. The molecule has 4 heteroatoms. The Hall–Kier alpha value is -1.55. The first-order valence-corrected chi connectivity index (χ1v) is 5.44. The van der Waals surface area contributed by atoms with Crippen LogP contribution in [0.2, 0.25) is 0 Å². The van der Waals surface area contributed by atoms with Crippen molar-refractivity contribution in [3.63, 3.8) is 0 Å². The van der Waals surface area contributed by atoms with E-state index in [4.69, 9.17) is 5.73 Å². The molecule has 0 aliphatic heterocycles. The lowest BCUT2D eigenvalue weighted by Crippen LogP contribution is -2.47. The van der Waals surface area contributed by atoms with E-state index < -0.39 is 17.4 Å². The van der Waals surface area contributed by atoms with E-state index in [0.717, 1.165) is 11.1 Å². The van der Waals surface area contributed by atoms with Gasteiger partial charge in [-0.25, -0.2) is 0 Å². The van der Waals surface area contributed by atoms with Crippen LogP contribution in [0.15, 0.2) is 18.2 Å². The number of carbonyl (C=O) groups is 1. The van der Waals surface area contributed by atoms with Crippen LogP contribution in [-0.2, 0) is 14.9 Å². The zero-order valence-corrected chi connectivity index (χ0v) is 10.7. The van der Waals surface area contributed by atoms with Gasteiger partial charge in [0.1, 0.15) is 11.8 Å². The third kappa shape index (κ3) is 2.58. The van der Waals surface area contributed by atoms with E-state index >= 15 is 0 Å². The number of phenols is 1. The fourth-order valence-corrected chi connectivity index (χ4v) is 1.61. The van der Waals surface area contributed by atoms with Gasteiger partial charge in [0.15, 0.2) is 0 Å². The molecule has 1 atom stereocenters. The van der Waals surface area contributed by atoms with Crippen LogP contribution in [0, 0.1) is 6.92 Å². The number of hydrogen-bond acceptors (Lipinski definition) is 4. The van der Waals surface area contributed by atoms with E-state index in [1.54, 1.807) is 12.1 Å². The predicted molar refractivity (Wildman–Crippen MR) is 65.9 cm³/mol. The highest BCUT2D eigenvalue weighted by molar-refractivity contribution is 5.77. The van der Waals surface area contributed by atoms with Crippen molar-refractivity contribution < 1.29 is 14.6 Å². The molecule has 0 bridgehead atoms. The average molecular weight is 237 g/mol. The van der Waals surface area contributed by atoms with Crippen LogP contribution in [0.3, 0.4) is 0 Å². The lowest BCUT2D eigenvalue weighted by atomic mass is 9.78. The van der Waals surface area contributed by atoms with Crippen LogP contribution in [0.4, 0.5) is 0 Å². The minimum atomic E-state index is -0.769. The number of nitrogens with two attached hydrogens (primary N) is 1. The van der Waals surface area contributed by atoms with Gasteiger partial charge < -0.3 is 15.6 Å². The Morgan fingerprint density at radius 3 is 2.53 bits per heavy atom. The molecule has 0 spiro atoms. The number of carbonyl (C=O) groups excluding carboxylic acids is 1. The maximum atomic E-state index is 11.5. The molecule has 0 radical (unpaired) electrons. The Morgan fingerprint density at radius 1 is 1.47 bits per heavy atom. The number of phenolic OH excluding ortho intramolecular Hbond substituents is 1. The highest BCUT2D eigenvalue weighted by atomic mass is 16.5. The van der Waals surface area contributed by atoms with Crippen molar-refractivity contribution in [2.24, 2.45) is 5.73 Å². The summed E-state index contributed by atoms with van der Waals surface area (Å²) in [7, 11) is 1.31. The molecule has 4 nitrogen and oxygen atoms in total. The summed E-state index contributed by atoms with van der Waals surface area (Å²) < 4.78 is 4.65. The zero-order chi connectivity index (χ0) is 13.2. The van der Waals surface area contributed by atoms with E-state index in [0.29, 0.717) is 0 Å².